The summed E-state index contributed by atoms with van der Waals surface area (Å²) in [6.45, 7) is 4.01. The minimum atomic E-state index is 0.154. The largest absolute Gasteiger partial charge is 0.489 e. The molecule has 1 saturated carbocycles. The molecule has 2 rings (SSSR count). The highest BCUT2D eigenvalue weighted by atomic mass is 16.5. The maximum atomic E-state index is 6.07. The van der Waals surface area contributed by atoms with Gasteiger partial charge in [0, 0.05) is 6.04 Å². The third kappa shape index (κ3) is 2.40. The predicted molar refractivity (Wildman–Crippen MR) is 67.9 cm³/mol. The summed E-state index contributed by atoms with van der Waals surface area (Å²) >= 11 is 0. The van der Waals surface area contributed by atoms with Crippen LogP contribution >= 0.6 is 0 Å². The highest BCUT2D eigenvalue weighted by molar-refractivity contribution is 5.73. The average Bonchev–Trinajstić information content (AvgIpc) is 2.16. The Bertz CT molecular complexity index is 359. The molecule has 3 nitrogen and oxygen atoms in total. The molecule has 3 heteroatoms. The lowest BCUT2D eigenvalue weighted by Crippen LogP contribution is -2.27. The molecule has 1 fully saturated rings. The van der Waals surface area contributed by atoms with Crippen LogP contribution in [0, 0.1) is 0 Å². The van der Waals surface area contributed by atoms with Gasteiger partial charge in [-0.1, -0.05) is 6.07 Å². The molecule has 3 N–H and O–H groups in total. The van der Waals surface area contributed by atoms with E-state index in [0.717, 1.165) is 17.1 Å². The molecule has 88 valence electrons. The summed E-state index contributed by atoms with van der Waals surface area (Å²) in [7, 11) is 0. The highest BCUT2D eigenvalue weighted by Gasteiger charge is 2.18. The molecule has 16 heavy (non-hydrogen) atoms. The second-order valence-corrected chi connectivity index (χ2v) is 4.66. The summed E-state index contributed by atoms with van der Waals surface area (Å²) in [5, 5.41) is 3.46. The summed E-state index contributed by atoms with van der Waals surface area (Å²) in [6, 6.07) is 6.51. The number of para-hydroxylation sites is 1. The zero-order valence-corrected chi connectivity index (χ0v) is 9.99. The number of hydrogen-bond donors (Lipinski definition) is 2. The highest BCUT2D eigenvalue weighted by Crippen LogP contribution is 2.33. The van der Waals surface area contributed by atoms with Crippen LogP contribution in [-0.2, 0) is 0 Å². The quantitative estimate of drug-likeness (QED) is 0.767. The lowest BCUT2D eigenvalue weighted by Gasteiger charge is -2.28. The molecule has 0 aromatic heterocycles. The van der Waals surface area contributed by atoms with Crippen molar-refractivity contribution >= 4 is 11.4 Å². The Morgan fingerprint density at radius 2 is 2.12 bits per heavy atom. The summed E-state index contributed by atoms with van der Waals surface area (Å²) < 4.78 is 5.65. The predicted octanol–water partition coefficient (Wildman–Crippen LogP) is 3.02. The van der Waals surface area contributed by atoms with Crippen LogP contribution in [-0.4, -0.2) is 12.1 Å². The number of nitrogen functional groups attached to an aromatic ring is 1. The second kappa shape index (κ2) is 4.64. The smallest absolute Gasteiger partial charge is 0.144 e. The van der Waals surface area contributed by atoms with E-state index in [1.165, 1.54) is 19.3 Å². The maximum absolute atomic E-state index is 6.07. The first-order valence-electron chi connectivity index (χ1n) is 5.98. The number of benzene rings is 1. The summed E-state index contributed by atoms with van der Waals surface area (Å²) in [5.41, 5.74) is 7.80. The molecule has 1 aliphatic carbocycles. The van der Waals surface area contributed by atoms with Gasteiger partial charge in [-0.3, -0.25) is 0 Å². The van der Waals surface area contributed by atoms with Gasteiger partial charge in [0.25, 0.3) is 0 Å². The van der Waals surface area contributed by atoms with Crippen molar-refractivity contribution in [3.05, 3.63) is 18.2 Å². The summed E-state index contributed by atoms with van der Waals surface area (Å²) in [4.78, 5) is 0. The van der Waals surface area contributed by atoms with Gasteiger partial charge in [0.1, 0.15) is 5.75 Å². The number of rotatable bonds is 4. The fourth-order valence-corrected chi connectivity index (χ4v) is 1.80. The van der Waals surface area contributed by atoms with E-state index in [1.54, 1.807) is 0 Å². The Morgan fingerprint density at radius 3 is 2.69 bits per heavy atom. The van der Waals surface area contributed by atoms with Crippen molar-refractivity contribution in [2.24, 2.45) is 0 Å². The standard InChI is InChI=1S/C13H20N2O/c1-9(2)16-12-8-4-7-11(13(12)14)15-10-5-3-6-10/h4,7-10,15H,3,5-6,14H2,1-2H3. The molecule has 0 radical (unpaired) electrons. The van der Waals surface area contributed by atoms with Crippen molar-refractivity contribution in [3.8, 4) is 5.75 Å². The van der Waals surface area contributed by atoms with E-state index in [0.29, 0.717) is 6.04 Å². The van der Waals surface area contributed by atoms with Crippen molar-refractivity contribution < 1.29 is 4.74 Å². The minimum Gasteiger partial charge on any atom is -0.489 e. The van der Waals surface area contributed by atoms with Gasteiger partial charge in [-0.05, 0) is 45.2 Å². The number of nitrogens with one attached hydrogen (secondary N) is 1. The molecule has 0 aliphatic heterocycles. The molecular weight excluding hydrogens is 200 g/mol. The summed E-state index contributed by atoms with van der Waals surface area (Å²) in [5.74, 6) is 0.777. The van der Waals surface area contributed by atoms with Crippen molar-refractivity contribution in [2.45, 2.75) is 45.3 Å². The van der Waals surface area contributed by atoms with E-state index in [-0.39, 0.29) is 6.10 Å². The maximum Gasteiger partial charge on any atom is 0.144 e. The average molecular weight is 220 g/mol. The zero-order chi connectivity index (χ0) is 11.5. The van der Waals surface area contributed by atoms with Crippen molar-refractivity contribution in [2.75, 3.05) is 11.1 Å². The minimum absolute atomic E-state index is 0.154. The summed E-state index contributed by atoms with van der Waals surface area (Å²) in [6.07, 6.45) is 3.96. The molecule has 0 amide bonds. The first kappa shape index (κ1) is 11.1. The number of ether oxygens (including phenoxy) is 1. The van der Waals surface area contributed by atoms with E-state index in [1.807, 2.05) is 32.0 Å². The van der Waals surface area contributed by atoms with Crippen molar-refractivity contribution in [1.29, 1.82) is 0 Å². The number of nitrogens with two attached hydrogens (primary N) is 1. The third-order valence-electron chi connectivity index (χ3n) is 2.89. The second-order valence-electron chi connectivity index (χ2n) is 4.66. The van der Waals surface area contributed by atoms with E-state index in [2.05, 4.69) is 5.32 Å². The zero-order valence-electron chi connectivity index (χ0n) is 9.99. The van der Waals surface area contributed by atoms with E-state index in [9.17, 15) is 0 Å². The molecule has 1 aromatic rings. The lowest BCUT2D eigenvalue weighted by molar-refractivity contribution is 0.244. The Morgan fingerprint density at radius 1 is 1.38 bits per heavy atom. The van der Waals surface area contributed by atoms with Crippen LogP contribution in [0.3, 0.4) is 0 Å². The van der Waals surface area contributed by atoms with Crippen LogP contribution in [0.25, 0.3) is 0 Å². The van der Waals surface area contributed by atoms with Gasteiger partial charge >= 0.3 is 0 Å². The van der Waals surface area contributed by atoms with Crippen LogP contribution in [0.1, 0.15) is 33.1 Å². The molecule has 0 bridgehead atoms. The Kier molecular flexibility index (Phi) is 3.22. The Labute approximate surface area is 97.0 Å². The molecule has 0 unspecified atom stereocenters. The SMILES string of the molecule is CC(C)Oc1cccc(NC2CCC2)c1N. The lowest BCUT2D eigenvalue weighted by atomic mass is 9.93. The van der Waals surface area contributed by atoms with Crippen molar-refractivity contribution in [3.63, 3.8) is 0 Å². The fourth-order valence-electron chi connectivity index (χ4n) is 1.80. The van der Waals surface area contributed by atoms with Gasteiger partial charge < -0.3 is 15.8 Å². The molecule has 0 atom stereocenters. The first-order valence-corrected chi connectivity index (χ1v) is 5.98. The first-order chi connectivity index (χ1) is 7.66. The van der Waals surface area contributed by atoms with Crippen molar-refractivity contribution in [1.82, 2.24) is 0 Å². The van der Waals surface area contributed by atoms with Gasteiger partial charge in [-0.2, -0.15) is 0 Å². The van der Waals surface area contributed by atoms with Gasteiger partial charge in [-0.25, -0.2) is 0 Å². The van der Waals surface area contributed by atoms with Crippen LogP contribution in [0.4, 0.5) is 11.4 Å². The number of anilines is 2. The van der Waals surface area contributed by atoms with Crippen LogP contribution in [0.5, 0.6) is 5.75 Å². The normalized spacial score (nSPS) is 15.9. The monoisotopic (exact) mass is 220 g/mol. The molecular formula is C13H20N2O. The van der Waals surface area contributed by atoms with Crippen LogP contribution in [0.2, 0.25) is 0 Å². The van der Waals surface area contributed by atoms with Crippen LogP contribution < -0.4 is 15.8 Å². The third-order valence-corrected chi connectivity index (χ3v) is 2.89. The van der Waals surface area contributed by atoms with E-state index >= 15 is 0 Å². The van der Waals surface area contributed by atoms with Gasteiger partial charge in [0.05, 0.1) is 17.5 Å². The van der Waals surface area contributed by atoms with E-state index < -0.39 is 0 Å². The molecule has 0 heterocycles. The molecule has 0 saturated heterocycles. The molecule has 0 spiro atoms. The van der Waals surface area contributed by atoms with Gasteiger partial charge in [0.15, 0.2) is 0 Å². The number of hydrogen-bond acceptors (Lipinski definition) is 3. The van der Waals surface area contributed by atoms with Gasteiger partial charge in [0.2, 0.25) is 0 Å². The Balaban J connectivity index is 2.11. The topological polar surface area (TPSA) is 47.3 Å². The Hall–Kier alpha value is -1.38. The molecule has 1 aromatic carbocycles. The fraction of sp³-hybridized carbons (Fsp3) is 0.538. The van der Waals surface area contributed by atoms with Crippen LogP contribution in [0.15, 0.2) is 18.2 Å². The van der Waals surface area contributed by atoms with E-state index in [4.69, 9.17) is 10.5 Å². The van der Waals surface area contributed by atoms with Gasteiger partial charge in [-0.15, -0.1) is 0 Å². The molecule has 1 aliphatic rings.